The predicted molar refractivity (Wildman–Crippen MR) is 83.4 cm³/mol. The molecule has 0 saturated heterocycles. The Morgan fingerprint density at radius 3 is 2.79 bits per heavy atom. The molecule has 0 aliphatic rings. The Labute approximate surface area is 121 Å². The molecule has 0 amide bonds. The summed E-state index contributed by atoms with van der Waals surface area (Å²) in [6.07, 6.45) is 3.76. The van der Waals surface area contributed by atoms with Crippen LogP contribution < -0.4 is 0 Å². The van der Waals surface area contributed by atoms with E-state index in [9.17, 15) is 5.11 Å². The summed E-state index contributed by atoms with van der Waals surface area (Å²) in [5.74, 6) is 0.225. The molecule has 0 aliphatic heterocycles. The van der Waals surface area contributed by atoms with E-state index in [1.165, 1.54) is 11.3 Å². The van der Waals surface area contributed by atoms with Crippen molar-refractivity contribution in [3.8, 4) is 5.88 Å². The zero-order chi connectivity index (χ0) is 13.7. The van der Waals surface area contributed by atoms with Crippen LogP contribution in [0.5, 0.6) is 5.88 Å². The number of rotatable bonds is 5. The third-order valence-electron chi connectivity index (χ3n) is 2.72. The summed E-state index contributed by atoms with van der Waals surface area (Å²) in [5.41, 5.74) is 0.862. The van der Waals surface area contributed by atoms with E-state index in [0.717, 1.165) is 25.1 Å². The minimum Gasteiger partial charge on any atom is -0.493 e. The highest BCUT2D eigenvalue weighted by atomic mass is 32.1. The molecule has 2 rings (SSSR count). The largest absolute Gasteiger partial charge is 0.493 e. The minimum atomic E-state index is 0.225. The van der Waals surface area contributed by atoms with E-state index < -0.39 is 0 Å². The lowest BCUT2D eigenvalue weighted by atomic mass is 10.3. The molecule has 19 heavy (non-hydrogen) atoms. The number of unbranched alkanes of at least 4 members (excludes halogenated alkanes) is 1. The molecule has 5 heteroatoms. The van der Waals surface area contributed by atoms with Gasteiger partial charge < -0.3 is 5.11 Å². The number of thiazole rings is 1. The van der Waals surface area contributed by atoms with Crippen LogP contribution in [0.1, 0.15) is 24.6 Å². The SMILES string of the molecule is CCCCn1c(O)c(C=Nc2ccccc2)sc1=S. The van der Waals surface area contributed by atoms with Gasteiger partial charge in [-0.1, -0.05) is 42.9 Å². The van der Waals surface area contributed by atoms with Gasteiger partial charge in [-0.05, 0) is 30.8 Å². The minimum absolute atomic E-state index is 0.225. The molecule has 100 valence electrons. The zero-order valence-corrected chi connectivity index (χ0v) is 12.4. The molecule has 0 radical (unpaired) electrons. The summed E-state index contributed by atoms with van der Waals surface area (Å²) in [5, 5.41) is 10.1. The second kappa shape index (κ2) is 6.63. The molecule has 1 aromatic heterocycles. The highest BCUT2D eigenvalue weighted by molar-refractivity contribution is 7.73. The van der Waals surface area contributed by atoms with Gasteiger partial charge in [-0.25, -0.2) is 0 Å². The van der Waals surface area contributed by atoms with E-state index in [-0.39, 0.29) is 5.88 Å². The van der Waals surface area contributed by atoms with Gasteiger partial charge in [0.1, 0.15) is 4.88 Å². The average molecular weight is 292 g/mol. The van der Waals surface area contributed by atoms with Crippen molar-refractivity contribution in [3.63, 3.8) is 0 Å². The Balaban J connectivity index is 2.22. The number of hydrogen-bond donors (Lipinski definition) is 1. The number of hydrogen-bond acceptors (Lipinski definition) is 4. The summed E-state index contributed by atoms with van der Waals surface area (Å²) in [6.45, 7) is 2.88. The van der Waals surface area contributed by atoms with Crippen LogP contribution in [-0.2, 0) is 6.54 Å². The van der Waals surface area contributed by atoms with Crippen LogP contribution in [-0.4, -0.2) is 15.9 Å². The quantitative estimate of drug-likeness (QED) is 0.649. The van der Waals surface area contributed by atoms with Crippen LogP contribution in [0.2, 0.25) is 0 Å². The molecule has 1 heterocycles. The van der Waals surface area contributed by atoms with E-state index in [2.05, 4.69) is 11.9 Å². The van der Waals surface area contributed by atoms with Crippen molar-refractivity contribution in [1.29, 1.82) is 0 Å². The predicted octanol–water partition coefficient (Wildman–Crippen LogP) is 4.54. The third kappa shape index (κ3) is 3.52. The lowest BCUT2D eigenvalue weighted by molar-refractivity contribution is 0.410. The first-order chi connectivity index (χ1) is 9.22. The van der Waals surface area contributed by atoms with Crippen molar-refractivity contribution in [2.24, 2.45) is 4.99 Å². The number of benzene rings is 1. The van der Waals surface area contributed by atoms with Gasteiger partial charge >= 0.3 is 0 Å². The van der Waals surface area contributed by atoms with E-state index >= 15 is 0 Å². The molecule has 1 N–H and O–H groups in total. The summed E-state index contributed by atoms with van der Waals surface area (Å²) >= 11 is 6.65. The van der Waals surface area contributed by atoms with Crippen LogP contribution in [0.3, 0.4) is 0 Å². The van der Waals surface area contributed by atoms with Crippen LogP contribution in [0.25, 0.3) is 0 Å². The Morgan fingerprint density at radius 2 is 2.11 bits per heavy atom. The Morgan fingerprint density at radius 1 is 1.37 bits per heavy atom. The van der Waals surface area contributed by atoms with Crippen molar-refractivity contribution < 1.29 is 5.11 Å². The maximum atomic E-state index is 10.1. The fourth-order valence-electron chi connectivity index (χ4n) is 1.66. The molecule has 0 saturated carbocycles. The summed E-state index contributed by atoms with van der Waals surface area (Å²) in [6, 6.07) is 9.64. The Bertz CT molecular complexity index is 614. The topological polar surface area (TPSA) is 37.5 Å². The first kappa shape index (κ1) is 14.0. The monoisotopic (exact) mass is 292 g/mol. The number of aliphatic imine (C=N–C) groups is 1. The molecule has 0 fully saturated rings. The van der Waals surface area contributed by atoms with E-state index in [4.69, 9.17) is 12.2 Å². The smallest absolute Gasteiger partial charge is 0.212 e. The van der Waals surface area contributed by atoms with Gasteiger partial charge in [0.2, 0.25) is 5.88 Å². The molecule has 0 bridgehead atoms. The first-order valence-corrected chi connectivity index (χ1v) is 7.46. The van der Waals surface area contributed by atoms with Gasteiger partial charge in [0, 0.05) is 6.54 Å². The molecule has 1 aromatic carbocycles. The van der Waals surface area contributed by atoms with Crippen LogP contribution in [0.15, 0.2) is 35.3 Å². The lowest BCUT2D eigenvalue weighted by Crippen LogP contribution is -1.96. The van der Waals surface area contributed by atoms with Gasteiger partial charge in [0.25, 0.3) is 0 Å². The van der Waals surface area contributed by atoms with Crippen molar-refractivity contribution in [2.45, 2.75) is 26.3 Å². The van der Waals surface area contributed by atoms with Crippen molar-refractivity contribution in [3.05, 3.63) is 39.2 Å². The number of para-hydroxylation sites is 1. The van der Waals surface area contributed by atoms with Crippen LogP contribution in [0, 0.1) is 3.95 Å². The fraction of sp³-hybridized carbons (Fsp3) is 0.286. The van der Waals surface area contributed by atoms with Gasteiger partial charge in [-0.2, -0.15) is 0 Å². The molecule has 2 aromatic rings. The maximum absolute atomic E-state index is 10.1. The molecular weight excluding hydrogens is 276 g/mol. The van der Waals surface area contributed by atoms with E-state index in [1.54, 1.807) is 10.8 Å². The highest BCUT2D eigenvalue weighted by Crippen LogP contribution is 2.25. The van der Waals surface area contributed by atoms with Gasteiger partial charge in [-0.3, -0.25) is 9.56 Å². The standard InChI is InChI=1S/C14H16N2OS2/c1-2-3-9-16-13(17)12(19-14(16)18)10-15-11-7-5-4-6-8-11/h4-8,10,17H,2-3,9H2,1H3. The first-order valence-electron chi connectivity index (χ1n) is 6.24. The van der Waals surface area contributed by atoms with Crippen molar-refractivity contribution >= 4 is 35.5 Å². The average Bonchev–Trinajstić information content (AvgIpc) is 2.70. The second-order valence-corrected chi connectivity index (χ2v) is 5.83. The fourth-order valence-corrected chi connectivity index (χ4v) is 2.89. The number of aromatic nitrogens is 1. The third-order valence-corrected chi connectivity index (χ3v) is 4.09. The van der Waals surface area contributed by atoms with Gasteiger partial charge in [-0.15, -0.1) is 0 Å². The number of aromatic hydroxyl groups is 1. The van der Waals surface area contributed by atoms with Crippen LogP contribution in [0.4, 0.5) is 5.69 Å². The summed E-state index contributed by atoms with van der Waals surface area (Å²) in [4.78, 5) is 5.05. The molecular formula is C14H16N2OS2. The van der Waals surface area contributed by atoms with Crippen molar-refractivity contribution in [2.75, 3.05) is 0 Å². The lowest BCUT2D eigenvalue weighted by Gasteiger charge is -2.02. The Hall–Kier alpha value is -1.46. The van der Waals surface area contributed by atoms with E-state index in [0.29, 0.717) is 8.83 Å². The van der Waals surface area contributed by atoms with Crippen molar-refractivity contribution in [1.82, 2.24) is 4.57 Å². The van der Waals surface area contributed by atoms with Gasteiger partial charge in [0.15, 0.2) is 3.95 Å². The molecule has 3 nitrogen and oxygen atoms in total. The molecule has 0 unspecified atom stereocenters. The normalized spacial score (nSPS) is 11.2. The summed E-state index contributed by atoms with van der Waals surface area (Å²) < 4.78 is 2.47. The second-order valence-electron chi connectivity index (χ2n) is 4.15. The van der Waals surface area contributed by atoms with E-state index in [1.807, 2.05) is 30.3 Å². The summed E-state index contributed by atoms with van der Waals surface area (Å²) in [7, 11) is 0. The van der Waals surface area contributed by atoms with Gasteiger partial charge in [0.05, 0.1) is 11.9 Å². The van der Waals surface area contributed by atoms with Crippen LogP contribution >= 0.6 is 23.6 Å². The zero-order valence-electron chi connectivity index (χ0n) is 10.7. The maximum Gasteiger partial charge on any atom is 0.212 e. The molecule has 0 spiro atoms. The molecule has 0 aliphatic carbocycles. The molecule has 0 atom stereocenters. The highest BCUT2D eigenvalue weighted by Gasteiger charge is 2.09. The Kier molecular flexibility index (Phi) is 4.87. The number of nitrogens with zero attached hydrogens (tertiary/aromatic N) is 2.